The van der Waals surface area contributed by atoms with Crippen LogP contribution in [0, 0.1) is 0 Å². The first-order valence-corrected chi connectivity index (χ1v) is 3.54. The summed E-state index contributed by atoms with van der Waals surface area (Å²) in [6.45, 7) is 1.35. The van der Waals surface area contributed by atoms with Crippen LogP contribution < -0.4 is 5.73 Å². The van der Waals surface area contributed by atoms with E-state index in [0.29, 0.717) is 6.54 Å². The van der Waals surface area contributed by atoms with Gasteiger partial charge in [0.1, 0.15) is 0 Å². The molecule has 1 aliphatic rings. The average molecular weight is 158 g/mol. The molecule has 0 unspecified atom stereocenters. The molecule has 0 fully saturated rings. The summed E-state index contributed by atoms with van der Waals surface area (Å²) < 4.78 is 0. The van der Waals surface area contributed by atoms with Crippen LogP contribution in [0.15, 0.2) is 4.99 Å². The minimum Gasteiger partial charge on any atom is -0.368 e. The SMILES string of the molecule is CN(C)C[C@H]1CN=C(N)N1O. The molecule has 0 aromatic heterocycles. The lowest BCUT2D eigenvalue weighted by molar-refractivity contribution is -0.0477. The van der Waals surface area contributed by atoms with Crippen molar-refractivity contribution in [3.05, 3.63) is 0 Å². The number of rotatable bonds is 2. The molecule has 1 heterocycles. The molecule has 3 N–H and O–H groups in total. The first-order chi connectivity index (χ1) is 5.11. The van der Waals surface area contributed by atoms with E-state index in [2.05, 4.69) is 4.99 Å². The van der Waals surface area contributed by atoms with E-state index in [4.69, 9.17) is 5.73 Å². The van der Waals surface area contributed by atoms with E-state index in [9.17, 15) is 5.21 Å². The Morgan fingerprint density at radius 3 is 2.82 bits per heavy atom. The number of aliphatic imine (C=N–C) groups is 1. The van der Waals surface area contributed by atoms with E-state index < -0.39 is 0 Å². The second-order valence-electron chi connectivity index (χ2n) is 2.96. The molecule has 1 atom stereocenters. The fourth-order valence-corrected chi connectivity index (χ4v) is 1.09. The van der Waals surface area contributed by atoms with E-state index >= 15 is 0 Å². The smallest absolute Gasteiger partial charge is 0.216 e. The van der Waals surface area contributed by atoms with Gasteiger partial charge >= 0.3 is 0 Å². The van der Waals surface area contributed by atoms with Crippen molar-refractivity contribution in [2.45, 2.75) is 6.04 Å². The predicted molar refractivity (Wildman–Crippen MR) is 42.5 cm³/mol. The molecule has 5 heteroatoms. The van der Waals surface area contributed by atoms with Gasteiger partial charge in [0, 0.05) is 6.54 Å². The molecule has 0 spiro atoms. The van der Waals surface area contributed by atoms with Crippen LogP contribution in [-0.2, 0) is 0 Å². The van der Waals surface area contributed by atoms with Gasteiger partial charge in [0.05, 0.1) is 12.6 Å². The van der Waals surface area contributed by atoms with Crippen LogP contribution in [0.25, 0.3) is 0 Å². The van der Waals surface area contributed by atoms with Crippen LogP contribution in [0.4, 0.5) is 0 Å². The van der Waals surface area contributed by atoms with Crippen molar-refractivity contribution in [3.63, 3.8) is 0 Å². The van der Waals surface area contributed by atoms with Crippen molar-refractivity contribution in [1.29, 1.82) is 0 Å². The third-order valence-corrected chi connectivity index (χ3v) is 1.62. The molecule has 5 nitrogen and oxygen atoms in total. The summed E-state index contributed by atoms with van der Waals surface area (Å²) in [6.07, 6.45) is 0. The van der Waals surface area contributed by atoms with Crippen molar-refractivity contribution >= 4 is 5.96 Å². The molecule has 0 bridgehead atoms. The quantitative estimate of drug-likeness (QED) is 0.537. The molecule has 1 aliphatic heterocycles. The number of nitrogens with two attached hydrogens (primary N) is 1. The van der Waals surface area contributed by atoms with Gasteiger partial charge in [-0.3, -0.25) is 5.21 Å². The van der Waals surface area contributed by atoms with Gasteiger partial charge in [-0.2, -0.15) is 0 Å². The molecule has 64 valence electrons. The van der Waals surface area contributed by atoms with E-state index in [1.807, 2.05) is 19.0 Å². The third kappa shape index (κ3) is 1.81. The summed E-state index contributed by atoms with van der Waals surface area (Å²) in [5.74, 6) is 0.219. The van der Waals surface area contributed by atoms with Gasteiger partial charge in [-0.05, 0) is 14.1 Å². The van der Waals surface area contributed by atoms with Crippen molar-refractivity contribution in [2.24, 2.45) is 10.7 Å². The van der Waals surface area contributed by atoms with Crippen molar-refractivity contribution in [2.75, 3.05) is 27.2 Å². The summed E-state index contributed by atoms with van der Waals surface area (Å²) in [5.41, 5.74) is 5.35. The first kappa shape index (κ1) is 8.29. The summed E-state index contributed by atoms with van der Waals surface area (Å²) in [5, 5.41) is 10.3. The van der Waals surface area contributed by atoms with Gasteiger partial charge in [0.2, 0.25) is 5.96 Å². The highest BCUT2D eigenvalue weighted by Gasteiger charge is 2.24. The van der Waals surface area contributed by atoms with Gasteiger partial charge in [-0.1, -0.05) is 0 Å². The number of likely N-dealkylation sites (N-methyl/N-ethyl adjacent to an activating group) is 1. The van der Waals surface area contributed by atoms with Crippen LogP contribution in [0.2, 0.25) is 0 Å². The Balaban J connectivity index is 2.41. The zero-order chi connectivity index (χ0) is 8.43. The maximum absolute atomic E-state index is 9.26. The highest BCUT2D eigenvalue weighted by Crippen LogP contribution is 2.04. The summed E-state index contributed by atoms with van der Waals surface area (Å²) in [6, 6.07) is 0.0185. The lowest BCUT2D eigenvalue weighted by atomic mass is 10.3. The van der Waals surface area contributed by atoms with E-state index in [1.54, 1.807) is 0 Å². The first-order valence-electron chi connectivity index (χ1n) is 3.54. The van der Waals surface area contributed by atoms with Crippen LogP contribution in [-0.4, -0.2) is 54.4 Å². The maximum Gasteiger partial charge on any atom is 0.216 e. The fraction of sp³-hybridized carbons (Fsp3) is 0.833. The average Bonchev–Trinajstić information content (AvgIpc) is 2.18. The van der Waals surface area contributed by atoms with Gasteiger partial charge in [0.15, 0.2) is 0 Å². The minimum absolute atomic E-state index is 0.0185. The molecule has 0 aliphatic carbocycles. The van der Waals surface area contributed by atoms with E-state index in [-0.39, 0.29) is 12.0 Å². The van der Waals surface area contributed by atoms with Crippen LogP contribution >= 0.6 is 0 Å². The summed E-state index contributed by atoms with van der Waals surface area (Å²) >= 11 is 0. The van der Waals surface area contributed by atoms with Gasteiger partial charge in [-0.15, -0.1) is 0 Å². The molecule has 1 rings (SSSR count). The van der Waals surface area contributed by atoms with Crippen LogP contribution in [0.5, 0.6) is 0 Å². The molecule has 0 saturated heterocycles. The summed E-state index contributed by atoms with van der Waals surface area (Å²) in [4.78, 5) is 5.88. The topological polar surface area (TPSA) is 65.1 Å². The summed E-state index contributed by atoms with van der Waals surface area (Å²) in [7, 11) is 3.89. The number of hydroxylamine groups is 2. The number of hydrogen-bond donors (Lipinski definition) is 2. The minimum atomic E-state index is 0.0185. The second kappa shape index (κ2) is 3.06. The highest BCUT2D eigenvalue weighted by atomic mass is 16.5. The number of guanidine groups is 1. The molecular formula is C6H14N4O. The van der Waals surface area contributed by atoms with Gasteiger partial charge < -0.3 is 10.6 Å². The Morgan fingerprint density at radius 1 is 1.82 bits per heavy atom. The van der Waals surface area contributed by atoms with Crippen LogP contribution in [0.3, 0.4) is 0 Å². The fourth-order valence-electron chi connectivity index (χ4n) is 1.09. The Hall–Kier alpha value is -0.810. The third-order valence-electron chi connectivity index (χ3n) is 1.62. The van der Waals surface area contributed by atoms with Crippen molar-refractivity contribution in [1.82, 2.24) is 9.96 Å². The predicted octanol–water partition coefficient (Wildman–Crippen LogP) is -1.06. The lowest BCUT2D eigenvalue weighted by Gasteiger charge is -2.21. The van der Waals surface area contributed by atoms with Gasteiger partial charge in [-0.25, -0.2) is 10.1 Å². The molecule has 0 saturated carbocycles. The molecule has 0 radical (unpaired) electrons. The van der Waals surface area contributed by atoms with Crippen molar-refractivity contribution < 1.29 is 5.21 Å². The monoisotopic (exact) mass is 158 g/mol. The Kier molecular flexibility index (Phi) is 2.31. The molecule has 11 heavy (non-hydrogen) atoms. The zero-order valence-corrected chi connectivity index (χ0v) is 6.86. The van der Waals surface area contributed by atoms with E-state index in [1.165, 1.54) is 0 Å². The number of nitrogens with zero attached hydrogens (tertiary/aromatic N) is 3. The normalized spacial score (nSPS) is 24.5. The van der Waals surface area contributed by atoms with E-state index in [0.717, 1.165) is 11.6 Å². The lowest BCUT2D eigenvalue weighted by Crippen LogP contribution is -2.43. The highest BCUT2D eigenvalue weighted by molar-refractivity contribution is 5.78. The standard InChI is InChI=1S/C6H14N4O/c1-9(2)4-5-3-8-6(7)10(5)11/h5,11H,3-4H2,1-2H3,(H2,7,8)/t5-/m1/s1. The Labute approximate surface area is 66.1 Å². The second-order valence-corrected chi connectivity index (χ2v) is 2.96. The zero-order valence-electron chi connectivity index (χ0n) is 6.86. The maximum atomic E-state index is 9.26. The molecule has 0 aromatic rings. The Bertz CT molecular complexity index is 168. The van der Waals surface area contributed by atoms with Crippen LogP contribution in [0.1, 0.15) is 0 Å². The van der Waals surface area contributed by atoms with Crippen molar-refractivity contribution in [3.8, 4) is 0 Å². The molecular weight excluding hydrogens is 144 g/mol. The number of hydrogen-bond acceptors (Lipinski definition) is 5. The van der Waals surface area contributed by atoms with Gasteiger partial charge in [0.25, 0.3) is 0 Å². The molecule has 0 aromatic carbocycles. The Morgan fingerprint density at radius 2 is 2.45 bits per heavy atom. The largest absolute Gasteiger partial charge is 0.368 e. The molecule has 0 amide bonds.